The zero-order valence-electron chi connectivity index (χ0n) is 19.2. The molecule has 0 N–H and O–H groups in total. The number of ether oxygens (including phenoxy) is 2. The Balaban J connectivity index is 1.39. The molecule has 0 radical (unpaired) electrons. The van der Waals surface area contributed by atoms with E-state index in [1.807, 2.05) is 0 Å². The summed E-state index contributed by atoms with van der Waals surface area (Å²) in [5.41, 5.74) is 1.85. The van der Waals surface area contributed by atoms with E-state index in [1.165, 1.54) is 39.0 Å². The molecule has 0 amide bonds. The lowest BCUT2D eigenvalue weighted by atomic mass is 9.46. The second-order valence-electron chi connectivity index (χ2n) is 11.7. The highest BCUT2D eigenvalue weighted by molar-refractivity contribution is 5.72. The molecule has 0 aromatic rings. The van der Waals surface area contributed by atoms with Crippen molar-refractivity contribution in [3.05, 3.63) is 11.6 Å². The maximum absolute atomic E-state index is 11.9. The van der Waals surface area contributed by atoms with Crippen LogP contribution in [0.1, 0.15) is 91.9 Å². The van der Waals surface area contributed by atoms with Crippen LogP contribution >= 0.6 is 0 Å². The van der Waals surface area contributed by atoms with E-state index < -0.39 is 0 Å². The van der Waals surface area contributed by atoms with Gasteiger partial charge >= 0.3 is 11.9 Å². The van der Waals surface area contributed by atoms with Crippen molar-refractivity contribution in [1.29, 1.82) is 0 Å². The Morgan fingerprint density at radius 3 is 2.57 bits per heavy atom. The Morgan fingerprint density at radius 1 is 1.07 bits per heavy atom. The highest BCUT2D eigenvalue weighted by Gasteiger charge is 2.63. The second kappa shape index (κ2) is 6.84. The molecular formula is C26H38O4. The molecule has 1 saturated heterocycles. The SMILES string of the molecule is CC(=O)O[C@@H]1CC[C@@]2(C)C(=CC[C@@H]3[C@@H]4CC[C@@H]([C@@]5(C)CCC(=O)O5)[C@@]4(C)CC[C@@H]32)C1. The number of allylic oxidation sites excluding steroid dienone is 1. The number of cyclic esters (lactones) is 1. The molecule has 5 aliphatic rings. The predicted octanol–water partition coefficient (Wildman–Crippen LogP) is 5.59. The standard InChI is InChI=1S/C26H38O4/c1-16(27)29-18-9-12-24(2)17(15-18)5-6-19-20-7-8-22(25(20,3)13-10-21(19)24)26(4)14-11-23(28)30-26/h5,18-22H,6-15H2,1-4H3/t18-,19-,20+,21+,22-,24+,25+,26-/m1/s1. The van der Waals surface area contributed by atoms with Crippen LogP contribution in [0.4, 0.5) is 0 Å². The van der Waals surface area contributed by atoms with Gasteiger partial charge in [-0.25, -0.2) is 0 Å². The first-order chi connectivity index (χ1) is 14.2. The molecule has 1 aliphatic heterocycles. The van der Waals surface area contributed by atoms with Crippen molar-refractivity contribution >= 4 is 11.9 Å². The fraction of sp³-hybridized carbons (Fsp3) is 0.846. The normalized spacial score (nSPS) is 50.1. The summed E-state index contributed by atoms with van der Waals surface area (Å²) in [6, 6.07) is 0. The Labute approximate surface area is 181 Å². The van der Waals surface area contributed by atoms with Gasteiger partial charge in [-0.1, -0.05) is 25.5 Å². The maximum Gasteiger partial charge on any atom is 0.306 e. The highest BCUT2D eigenvalue weighted by Crippen LogP contribution is 2.68. The van der Waals surface area contributed by atoms with E-state index >= 15 is 0 Å². The molecule has 0 aromatic heterocycles. The van der Waals surface area contributed by atoms with Gasteiger partial charge < -0.3 is 9.47 Å². The number of esters is 2. The number of carbonyl (C=O) groups is 2. The van der Waals surface area contributed by atoms with Gasteiger partial charge in [0.15, 0.2) is 0 Å². The molecule has 30 heavy (non-hydrogen) atoms. The number of rotatable bonds is 2. The number of fused-ring (bicyclic) bond motifs is 5. The number of hydrogen-bond acceptors (Lipinski definition) is 4. The Kier molecular flexibility index (Phi) is 4.69. The van der Waals surface area contributed by atoms with Crippen LogP contribution < -0.4 is 0 Å². The lowest BCUT2D eigenvalue weighted by molar-refractivity contribution is -0.159. The summed E-state index contributed by atoms with van der Waals surface area (Å²) >= 11 is 0. The Morgan fingerprint density at radius 2 is 1.87 bits per heavy atom. The van der Waals surface area contributed by atoms with Crippen LogP contribution in [-0.4, -0.2) is 23.6 Å². The van der Waals surface area contributed by atoms with Crippen LogP contribution in [0.25, 0.3) is 0 Å². The van der Waals surface area contributed by atoms with Crippen LogP contribution in [0.15, 0.2) is 11.6 Å². The van der Waals surface area contributed by atoms with E-state index in [0.717, 1.165) is 43.4 Å². The van der Waals surface area contributed by atoms with Crippen LogP contribution in [0, 0.1) is 34.5 Å². The number of hydrogen-bond donors (Lipinski definition) is 0. The first-order valence-corrected chi connectivity index (χ1v) is 12.2. The van der Waals surface area contributed by atoms with E-state index in [0.29, 0.717) is 12.3 Å². The lowest BCUT2D eigenvalue weighted by Gasteiger charge is -2.59. The summed E-state index contributed by atoms with van der Waals surface area (Å²) in [6.07, 6.45) is 13.3. The van der Waals surface area contributed by atoms with Crippen molar-refractivity contribution in [2.45, 2.75) is 104 Å². The predicted molar refractivity (Wildman–Crippen MR) is 114 cm³/mol. The third kappa shape index (κ3) is 2.92. The van der Waals surface area contributed by atoms with E-state index in [-0.39, 0.29) is 34.5 Å². The fourth-order valence-electron chi connectivity index (χ4n) is 8.92. The van der Waals surface area contributed by atoms with Crippen molar-refractivity contribution in [3.63, 3.8) is 0 Å². The second-order valence-corrected chi connectivity index (χ2v) is 11.7. The largest absolute Gasteiger partial charge is 0.462 e. The summed E-state index contributed by atoms with van der Waals surface area (Å²) in [5, 5.41) is 0. The Bertz CT molecular complexity index is 786. The van der Waals surface area contributed by atoms with Crippen molar-refractivity contribution in [2.24, 2.45) is 34.5 Å². The lowest BCUT2D eigenvalue weighted by Crippen LogP contribution is -2.53. The van der Waals surface area contributed by atoms with Crippen LogP contribution in [0.3, 0.4) is 0 Å². The van der Waals surface area contributed by atoms with Gasteiger partial charge in [-0.3, -0.25) is 9.59 Å². The zero-order chi connectivity index (χ0) is 21.3. The molecule has 1 heterocycles. The molecule has 5 rings (SSSR count). The minimum absolute atomic E-state index is 0.000489. The van der Waals surface area contributed by atoms with Crippen molar-refractivity contribution < 1.29 is 19.1 Å². The zero-order valence-corrected chi connectivity index (χ0v) is 19.2. The average molecular weight is 415 g/mol. The first-order valence-electron chi connectivity index (χ1n) is 12.2. The summed E-state index contributed by atoms with van der Waals surface area (Å²) in [5.74, 6) is 2.57. The first kappa shape index (κ1) is 20.6. The molecule has 4 aliphatic carbocycles. The topological polar surface area (TPSA) is 52.6 Å². The molecule has 4 fully saturated rings. The van der Waals surface area contributed by atoms with Gasteiger partial charge in [0, 0.05) is 25.7 Å². The minimum Gasteiger partial charge on any atom is -0.462 e. The van der Waals surface area contributed by atoms with Gasteiger partial charge in [-0.15, -0.1) is 0 Å². The quantitative estimate of drug-likeness (QED) is 0.436. The Hall–Kier alpha value is -1.32. The molecule has 166 valence electrons. The van der Waals surface area contributed by atoms with Gasteiger partial charge in [0.1, 0.15) is 11.7 Å². The van der Waals surface area contributed by atoms with Gasteiger partial charge in [-0.2, -0.15) is 0 Å². The third-order valence-corrected chi connectivity index (χ3v) is 10.3. The maximum atomic E-state index is 11.9. The molecule has 4 heteroatoms. The molecule has 0 spiro atoms. The van der Waals surface area contributed by atoms with Crippen molar-refractivity contribution in [2.75, 3.05) is 0 Å². The summed E-state index contributed by atoms with van der Waals surface area (Å²) < 4.78 is 11.5. The summed E-state index contributed by atoms with van der Waals surface area (Å²) in [4.78, 5) is 23.4. The molecule has 8 atom stereocenters. The summed E-state index contributed by atoms with van der Waals surface area (Å²) in [6.45, 7) is 8.75. The van der Waals surface area contributed by atoms with Crippen molar-refractivity contribution in [3.8, 4) is 0 Å². The molecule has 4 nitrogen and oxygen atoms in total. The van der Waals surface area contributed by atoms with E-state index in [2.05, 4.69) is 26.8 Å². The highest BCUT2D eigenvalue weighted by atomic mass is 16.6. The monoisotopic (exact) mass is 414 g/mol. The average Bonchev–Trinajstić information content (AvgIpc) is 3.21. The van der Waals surface area contributed by atoms with Crippen LogP contribution in [0.2, 0.25) is 0 Å². The molecule has 3 saturated carbocycles. The van der Waals surface area contributed by atoms with Crippen molar-refractivity contribution in [1.82, 2.24) is 0 Å². The van der Waals surface area contributed by atoms with E-state index in [4.69, 9.17) is 9.47 Å². The molecule has 0 aromatic carbocycles. The van der Waals surface area contributed by atoms with E-state index in [1.54, 1.807) is 5.57 Å². The van der Waals surface area contributed by atoms with Gasteiger partial charge in [0.2, 0.25) is 0 Å². The third-order valence-electron chi connectivity index (χ3n) is 10.3. The minimum atomic E-state index is -0.255. The van der Waals surface area contributed by atoms with Crippen LogP contribution in [0.5, 0.6) is 0 Å². The molecule has 0 bridgehead atoms. The van der Waals surface area contributed by atoms with E-state index in [9.17, 15) is 9.59 Å². The van der Waals surface area contributed by atoms with Crippen LogP contribution in [-0.2, 0) is 19.1 Å². The fourth-order valence-corrected chi connectivity index (χ4v) is 8.92. The number of carbonyl (C=O) groups excluding carboxylic acids is 2. The van der Waals surface area contributed by atoms with Gasteiger partial charge in [0.25, 0.3) is 0 Å². The van der Waals surface area contributed by atoms with Gasteiger partial charge in [0.05, 0.1) is 0 Å². The smallest absolute Gasteiger partial charge is 0.306 e. The molecule has 0 unspecified atom stereocenters. The summed E-state index contributed by atoms with van der Waals surface area (Å²) in [7, 11) is 0. The van der Waals surface area contributed by atoms with Gasteiger partial charge in [-0.05, 0) is 86.9 Å². The molecular weight excluding hydrogens is 376 g/mol.